The Morgan fingerprint density at radius 2 is 1.76 bits per heavy atom. The Bertz CT molecular complexity index is 857. The molecule has 0 saturated carbocycles. The third kappa shape index (κ3) is 3.77. The van der Waals surface area contributed by atoms with E-state index in [0.29, 0.717) is 5.56 Å². The Morgan fingerprint density at radius 1 is 1.16 bits per heavy atom. The van der Waals surface area contributed by atoms with E-state index in [1.807, 2.05) is 0 Å². The standard InChI is InChI=1S/C18H17NO6/c1-11-6-4-5-7-13(11)14(18(20)21)8-12-9-16(24-2)17(25-3)10-15(12)19(22)23/h4-10H,1-3H3,(H,20,21). The SMILES string of the molecule is COc1cc(C=C(C(=O)O)c2ccccc2C)c([N+](=O)[O-])cc1OC. The van der Waals surface area contributed by atoms with Crippen molar-refractivity contribution in [2.24, 2.45) is 0 Å². The lowest BCUT2D eigenvalue weighted by molar-refractivity contribution is -0.385. The predicted octanol–water partition coefficient (Wildman–Crippen LogP) is 3.55. The lowest BCUT2D eigenvalue weighted by Crippen LogP contribution is -2.03. The van der Waals surface area contributed by atoms with Gasteiger partial charge in [-0.25, -0.2) is 4.79 Å². The van der Waals surface area contributed by atoms with Crippen LogP contribution in [0.2, 0.25) is 0 Å². The molecule has 0 heterocycles. The summed E-state index contributed by atoms with van der Waals surface area (Å²) in [6.07, 6.45) is 1.27. The van der Waals surface area contributed by atoms with Crippen LogP contribution < -0.4 is 9.47 Å². The Kier molecular flexibility index (Phi) is 5.38. The fourth-order valence-corrected chi connectivity index (χ4v) is 2.44. The van der Waals surface area contributed by atoms with Gasteiger partial charge in [-0.3, -0.25) is 10.1 Å². The number of hydrogen-bond acceptors (Lipinski definition) is 5. The van der Waals surface area contributed by atoms with E-state index in [4.69, 9.17) is 9.47 Å². The smallest absolute Gasteiger partial charge is 0.336 e. The zero-order valence-electron chi connectivity index (χ0n) is 14.0. The first kappa shape index (κ1) is 18.0. The average Bonchev–Trinajstić information content (AvgIpc) is 2.59. The zero-order valence-corrected chi connectivity index (χ0v) is 14.0. The van der Waals surface area contributed by atoms with Gasteiger partial charge >= 0.3 is 5.97 Å². The molecule has 0 aliphatic carbocycles. The van der Waals surface area contributed by atoms with E-state index in [0.717, 1.165) is 5.56 Å². The number of nitro benzene ring substituents is 1. The Labute approximate surface area is 144 Å². The van der Waals surface area contributed by atoms with Crippen LogP contribution in [0.15, 0.2) is 36.4 Å². The maximum Gasteiger partial charge on any atom is 0.336 e. The number of hydrogen-bond donors (Lipinski definition) is 1. The minimum Gasteiger partial charge on any atom is -0.493 e. The highest BCUT2D eigenvalue weighted by molar-refractivity contribution is 6.21. The summed E-state index contributed by atoms with van der Waals surface area (Å²) in [6.45, 7) is 1.77. The van der Waals surface area contributed by atoms with Crippen molar-refractivity contribution in [3.8, 4) is 11.5 Å². The normalized spacial score (nSPS) is 11.1. The number of nitrogens with zero attached hydrogens (tertiary/aromatic N) is 1. The summed E-state index contributed by atoms with van der Waals surface area (Å²) in [4.78, 5) is 22.5. The molecule has 7 heteroatoms. The molecule has 7 nitrogen and oxygen atoms in total. The molecule has 2 rings (SSSR count). The van der Waals surface area contributed by atoms with Crippen LogP contribution in [-0.4, -0.2) is 30.2 Å². The molecule has 2 aromatic rings. The topological polar surface area (TPSA) is 98.9 Å². The second-order valence-corrected chi connectivity index (χ2v) is 5.20. The number of carboxylic acid groups (broad SMARTS) is 1. The molecule has 0 unspecified atom stereocenters. The average molecular weight is 343 g/mol. The minimum absolute atomic E-state index is 0.0478. The number of aliphatic carboxylic acids is 1. The van der Waals surface area contributed by atoms with Crippen molar-refractivity contribution in [3.05, 3.63) is 63.2 Å². The molecule has 130 valence electrons. The predicted molar refractivity (Wildman–Crippen MR) is 92.9 cm³/mol. The zero-order chi connectivity index (χ0) is 18.6. The first-order chi connectivity index (χ1) is 11.9. The quantitative estimate of drug-likeness (QED) is 0.373. The van der Waals surface area contributed by atoms with Gasteiger partial charge < -0.3 is 14.6 Å². The van der Waals surface area contributed by atoms with Crippen LogP contribution in [0.25, 0.3) is 11.6 Å². The van der Waals surface area contributed by atoms with Gasteiger partial charge in [-0.2, -0.15) is 0 Å². The van der Waals surface area contributed by atoms with Gasteiger partial charge in [0, 0.05) is 0 Å². The Hall–Kier alpha value is -3.35. The van der Waals surface area contributed by atoms with Crippen LogP contribution in [0.1, 0.15) is 16.7 Å². The maximum atomic E-state index is 11.7. The van der Waals surface area contributed by atoms with E-state index in [1.165, 1.54) is 32.4 Å². The lowest BCUT2D eigenvalue weighted by atomic mass is 9.98. The van der Waals surface area contributed by atoms with Crippen LogP contribution in [0, 0.1) is 17.0 Å². The molecular formula is C18H17NO6. The van der Waals surface area contributed by atoms with Gasteiger partial charge in [0.25, 0.3) is 5.69 Å². The van der Waals surface area contributed by atoms with E-state index in [9.17, 15) is 20.0 Å². The van der Waals surface area contributed by atoms with Gasteiger partial charge in [-0.05, 0) is 30.2 Å². The molecule has 0 fully saturated rings. The van der Waals surface area contributed by atoms with Crippen LogP contribution in [0.5, 0.6) is 11.5 Å². The molecule has 2 aromatic carbocycles. The summed E-state index contributed by atoms with van der Waals surface area (Å²) in [6, 6.07) is 9.52. The number of carbonyl (C=O) groups is 1. The van der Waals surface area contributed by atoms with Crippen LogP contribution in [0.3, 0.4) is 0 Å². The van der Waals surface area contributed by atoms with Gasteiger partial charge in [0.1, 0.15) is 0 Å². The first-order valence-corrected chi connectivity index (χ1v) is 7.30. The Balaban J connectivity index is 2.73. The monoisotopic (exact) mass is 343 g/mol. The van der Waals surface area contributed by atoms with E-state index in [2.05, 4.69) is 0 Å². The molecule has 0 spiro atoms. The number of ether oxygens (including phenoxy) is 2. The molecule has 0 bridgehead atoms. The number of nitro groups is 1. The highest BCUT2D eigenvalue weighted by Crippen LogP contribution is 2.36. The fraction of sp³-hybridized carbons (Fsp3) is 0.167. The van der Waals surface area contributed by atoms with Crippen molar-refractivity contribution in [2.75, 3.05) is 14.2 Å². The molecule has 0 aromatic heterocycles. The molecule has 0 aliphatic rings. The van der Waals surface area contributed by atoms with Gasteiger partial charge in [-0.15, -0.1) is 0 Å². The van der Waals surface area contributed by atoms with Crippen molar-refractivity contribution in [2.45, 2.75) is 6.92 Å². The van der Waals surface area contributed by atoms with Crippen LogP contribution >= 0.6 is 0 Å². The first-order valence-electron chi connectivity index (χ1n) is 7.30. The molecule has 25 heavy (non-hydrogen) atoms. The van der Waals surface area contributed by atoms with Crippen molar-refractivity contribution >= 4 is 23.3 Å². The summed E-state index contributed by atoms with van der Waals surface area (Å²) in [5, 5.41) is 21.0. The van der Waals surface area contributed by atoms with E-state index >= 15 is 0 Å². The summed E-state index contributed by atoms with van der Waals surface area (Å²) in [7, 11) is 2.77. The third-order valence-corrected chi connectivity index (χ3v) is 3.70. The summed E-state index contributed by atoms with van der Waals surface area (Å²) >= 11 is 0. The molecule has 0 amide bonds. The Morgan fingerprint density at radius 3 is 2.28 bits per heavy atom. The van der Waals surface area contributed by atoms with E-state index < -0.39 is 10.9 Å². The molecule has 1 N–H and O–H groups in total. The number of carboxylic acids is 1. The van der Waals surface area contributed by atoms with Crippen LogP contribution in [-0.2, 0) is 4.79 Å². The molecule has 0 radical (unpaired) electrons. The minimum atomic E-state index is -1.18. The van der Waals surface area contributed by atoms with Gasteiger partial charge in [0.15, 0.2) is 11.5 Å². The second kappa shape index (κ2) is 7.48. The highest BCUT2D eigenvalue weighted by atomic mass is 16.6. The van der Waals surface area contributed by atoms with E-state index in [-0.39, 0.29) is 28.3 Å². The van der Waals surface area contributed by atoms with Gasteiger partial charge in [0.2, 0.25) is 0 Å². The van der Waals surface area contributed by atoms with Crippen LogP contribution in [0.4, 0.5) is 5.69 Å². The molecule has 0 aliphatic heterocycles. The molecular weight excluding hydrogens is 326 g/mol. The van der Waals surface area contributed by atoms with Crippen molar-refractivity contribution in [1.29, 1.82) is 0 Å². The van der Waals surface area contributed by atoms with Crippen molar-refractivity contribution in [3.63, 3.8) is 0 Å². The number of benzene rings is 2. The number of rotatable bonds is 6. The largest absolute Gasteiger partial charge is 0.493 e. The number of aryl methyl sites for hydroxylation is 1. The van der Waals surface area contributed by atoms with Crippen molar-refractivity contribution in [1.82, 2.24) is 0 Å². The highest BCUT2D eigenvalue weighted by Gasteiger charge is 2.21. The number of methoxy groups -OCH3 is 2. The van der Waals surface area contributed by atoms with Crippen molar-refractivity contribution < 1.29 is 24.3 Å². The fourth-order valence-electron chi connectivity index (χ4n) is 2.44. The summed E-state index contributed by atoms with van der Waals surface area (Å²) < 4.78 is 10.2. The lowest BCUT2D eigenvalue weighted by Gasteiger charge is -2.10. The molecule has 0 atom stereocenters. The summed E-state index contributed by atoms with van der Waals surface area (Å²) in [5.41, 5.74) is 1.03. The van der Waals surface area contributed by atoms with Gasteiger partial charge in [-0.1, -0.05) is 24.3 Å². The van der Waals surface area contributed by atoms with E-state index in [1.54, 1.807) is 31.2 Å². The second-order valence-electron chi connectivity index (χ2n) is 5.20. The van der Waals surface area contributed by atoms with Gasteiger partial charge in [0.05, 0.1) is 36.3 Å². The third-order valence-electron chi connectivity index (χ3n) is 3.70. The molecule has 0 saturated heterocycles. The summed E-state index contributed by atoms with van der Waals surface area (Å²) in [5.74, 6) is -0.716. The maximum absolute atomic E-state index is 11.7.